The lowest BCUT2D eigenvalue weighted by Crippen LogP contribution is -1.87. The summed E-state index contributed by atoms with van der Waals surface area (Å²) in [5.74, 6) is 0.815. The number of benzene rings is 2. The molecular weight excluding hydrogens is 248 g/mol. The molecule has 0 fully saturated rings. The van der Waals surface area contributed by atoms with E-state index in [-0.39, 0.29) is 0 Å². The monoisotopic (exact) mass is 260 g/mol. The van der Waals surface area contributed by atoms with E-state index in [0.29, 0.717) is 0 Å². The second kappa shape index (κ2) is 4.10. The number of hydrogen-bond acceptors (Lipinski definition) is 3. The van der Waals surface area contributed by atoms with Crippen molar-refractivity contribution in [1.29, 1.82) is 0 Å². The van der Waals surface area contributed by atoms with Crippen molar-refractivity contribution in [1.82, 2.24) is 4.98 Å². The van der Waals surface area contributed by atoms with Crippen LogP contribution in [0.3, 0.4) is 0 Å². The first-order chi connectivity index (χ1) is 9.81. The van der Waals surface area contributed by atoms with Crippen LogP contribution >= 0.6 is 0 Å². The first kappa shape index (κ1) is 11.1. The van der Waals surface area contributed by atoms with Crippen LogP contribution < -0.4 is 5.73 Å². The number of nitrogens with two attached hydrogens (primary N) is 1. The summed E-state index contributed by atoms with van der Waals surface area (Å²) in [6.45, 7) is 0. The Labute approximate surface area is 115 Å². The van der Waals surface area contributed by atoms with Crippen LogP contribution in [0.1, 0.15) is 0 Å². The quantitative estimate of drug-likeness (QED) is 0.521. The summed E-state index contributed by atoms with van der Waals surface area (Å²) in [5.41, 5.74) is 8.47. The third-order valence-electron chi connectivity index (χ3n) is 3.48. The Hall–Kier alpha value is -2.81. The van der Waals surface area contributed by atoms with E-state index in [4.69, 9.17) is 10.2 Å². The number of aromatic nitrogens is 1. The van der Waals surface area contributed by atoms with Gasteiger partial charge in [0.25, 0.3) is 0 Å². The highest BCUT2D eigenvalue weighted by Crippen LogP contribution is 2.32. The molecule has 0 aliphatic rings. The molecule has 0 aliphatic carbocycles. The van der Waals surface area contributed by atoms with Gasteiger partial charge >= 0.3 is 0 Å². The van der Waals surface area contributed by atoms with Gasteiger partial charge in [-0.15, -0.1) is 0 Å². The SMILES string of the molecule is Nc1ccc2cncc(-c3cc4ccccc4o3)c2c1. The van der Waals surface area contributed by atoms with Crippen molar-refractivity contribution in [3.63, 3.8) is 0 Å². The van der Waals surface area contributed by atoms with Crippen molar-refractivity contribution in [2.75, 3.05) is 5.73 Å². The van der Waals surface area contributed by atoms with Gasteiger partial charge in [-0.25, -0.2) is 0 Å². The van der Waals surface area contributed by atoms with E-state index in [1.54, 1.807) is 0 Å². The number of anilines is 1. The van der Waals surface area contributed by atoms with Crippen molar-refractivity contribution in [2.24, 2.45) is 0 Å². The van der Waals surface area contributed by atoms with E-state index < -0.39 is 0 Å². The lowest BCUT2D eigenvalue weighted by Gasteiger charge is -2.04. The van der Waals surface area contributed by atoms with E-state index in [0.717, 1.165) is 38.8 Å². The molecule has 2 N–H and O–H groups in total. The molecule has 0 aliphatic heterocycles. The van der Waals surface area contributed by atoms with E-state index in [1.165, 1.54) is 0 Å². The van der Waals surface area contributed by atoms with Crippen molar-refractivity contribution in [3.05, 3.63) is 60.9 Å². The van der Waals surface area contributed by atoms with Gasteiger partial charge in [-0.1, -0.05) is 24.3 Å². The smallest absolute Gasteiger partial charge is 0.137 e. The topological polar surface area (TPSA) is 52.0 Å². The van der Waals surface area contributed by atoms with Crippen LogP contribution in [-0.4, -0.2) is 4.98 Å². The summed E-state index contributed by atoms with van der Waals surface area (Å²) in [6.07, 6.45) is 3.65. The minimum atomic E-state index is 0.737. The van der Waals surface area contributed by atoms with Crippen LogP contribution in [0, 0.1) is 0 Å². The molecule has 0 atom stereocenters. The molecule has 3 heteroatoms. The maximum atomic E-state index is 5.92. The maximum absolute atomic E-state index is 5.92. The van der Waals surface area contributed by atoms with Crippen LogP contribution in [0.2, 0.25) is 0 Å². The van der Waals surface area contributed by atoms with Crippen molar-refractivity contribution in [3.8, 4) is 11.3 Å². The summed E-state index contributed by atoms with van der Waals surface area (Å²) in [5, 5.41) is 3.19. The minimum Gasteiger partial charge on any atom is -0.456 e. The molecule has 20 heavy (non-hydrogen) atoms. The number of nitrogen functional groups attached to an aromatic ring is 1. The molecule has 96 valence electrons. The number of fused-ring (bicyclic) bond motifs is 2. The Morgan fingerprint density at radius 1 is 0.900 bits per heavy atom. The highest BCUT2D eigenvalue weighted by molar-refractivity contribution is 5.98. The molecule has 4 aromatic rings. The summed E-state index contributed by atoms with van der Waals surface area (Å²) in [7, 11) is 0. The lowest BCUT2D eigenvalue weighted by atomic mass is 10.1. The second-order valence-electron chi connectivity index (χ2n) is 4.82. The van der Waals surface area contributed by atoms with Crippen LogP contribution in [0.4, 0.5) is 5.69 Å². The standard InChI is InChI=1S/C17H12N2O/c18-13-6-5-12-9-19-10-15(14(12)8-13)17-7-11-3-1-2-4-16(11)20-17/h1-10H,18H2. The average Bonchev–Trinajstić information content (AvgIpc) is 2.90. The largest absolute Gasteiger partial charge is 0.456 e. The summed E-state index contributed by atoms with van der Waals surface area (Å²) < 4.78 is 5.92. The Morgan fingerprint density at radius 2 is 1.80 bits per heavy atom. The van der Waals surface area contributed by atoms with E-state index >= 15 is 0 Å². The zero-order chi connectivity index (χ0) is 13.5. The Morgan fingerprint density at radius 3 is 2.70 bits per heavy atom. The molecule has 0 bridgehead atoms. The summed E-state index contributed by atoms with van der Waals surface area (Å²) in [4.78, 5) is 4.29. The molecule has 0 unspecified atom stereocenters. The predicted octanol–water partition coefficient (Wildman–Crippen LogP) is 4.23. The molecule has 2 heterocycles. The highest BCUT2D eigenvalue weighted by Gasteiger charge is 2.10. The molecule has 2 aromatic carbocycles. The molecule has 0 amide bonds. The van der Waals surface area contributed by atoms with Gasteiger partial charge in [0.1, 0.15) is 11.3 Å². The van der Waals surface area contributed by atoms with Crippen LogP contribution in [-0.2, 0) is 0 Å². The van der Waals surface area contributed by atoms with E-state index in [9.17, 15) is 0 Å². The number of hydrogen-bond donors (Lipinski definition) is 1. The summed E-state index contributed by atoms with van der Waals surface area (Å²) >= 11 is 0. The first-order valence-corrected chi connectivity index (χ1v) is 6.43. The van der Waals surface area contributed by atoms with Crippen LogP contribution in [0.15, 0.2) is 65.3 Å². The van der Waals surface area contributed by atoms with Crippen LogP contribution in [0.5, 0.6) is 0 Å². The summed E-state index contributed by atoms with van der Waals surface area (Å²) in [6, 6.07) is 15.8. The highest BCUT2D eigenvalue weighted by atomic mass is 16.3. The molecule has 0 saturated heterocycles. The second-order valence-corrected chi connectivity index (χ2v) is 4.82. The fraction of sp³-hybridized carbons (Fsp3) is 0. The predicted molar refractivity (Wildman–Crippen MR) is 81.4 cm³/mol. The van der Waals surface area contributed by atoms with Gasteiger partial charge in [0.2, 0.25) is 0 Å². The molecular formula is C17H12N2O. The Balaban J connectivity index is 2.03. The molecule has 0 radical (unpaired) electrons. The minimum absolute atomic E-state index is 0.737. The number of furan rings is 1. The number of nitrogens with zero attached hydrogens (tertiary/aromatic N) is 1. The fourth-order valence-corrected chi connectivity index (χ4v) is 2.49. The number of rotatable bonds is 1. The molecule has 4 rings (SSSR count). The van der Waals surface area contributed by atoms with Crippen molar-refractivity contribution < 1.29 is 4.42 Å². The normalized spacial score (nSPS) is 11.2. The average molecular weight is 260 g/mol. The Kier molecular flexibility index (Phi) is 2.27. The van der Waals surface area contributed by atoms with Gasteiger partial charge in [0, 0.05) is 34.4 Å². The van der Waals surface area contributed by atoms with Gasteiger partial charge in [0.05, 0.1) is 0 Å². The Bertz CT molecular complexity index is 891. The third kappa shape index (κ3) is 1.64. The molecule has 0 saturated carbocycles. The van der Waals surface area contributed by atoms with Gasteiger partial charge in [0.15, 0.2) is 0 Å². The molecule has 3 nitrogen and oxygen atoms in total. The zero-order valence-corrected chi connectivity index (χ0v) is 10.7. The van der Waals surface area contributed by atoms with Gasteiger partial charge in [-0.05, 0) is 29.7 Å². The first-order valence-electron chi connectivity index (χ1n) is 6.43. The van der Waals surface area contributed by atoms with Crippen LogP contribution in [0.25, 0.3) is 33.1 Å². The fourth-order valence-electron chi connectivity index (χ4n) is 2.49. The van der Waals surface area contributed by atoms with Gasteiger partial charge in [-0.2, -0.15) is 0 Å². The van der Waals surface area contributed by atoms with Gasteiger partial charge in [-0.3, -0.25) is 4.98 Å². The van der Waals surface area contributed by atoms with Crippen molar-refractivity contribution in [2.45, 2.75) is 0 Å². The van der Waals surface area contributed by atoms with E-state index in [1.807, 2.05) is 60.9 Å². The van der Waals surface area contributed by atoms with Crippen molar-refractivity contribution >= 4 is 27.4 Å². The maximum Gasteiger partial charge on any atom is 0.137 e. The lowest BCUT2D eigenvalue weighted by molar-refractivity contribution is 0.632. The van der Waals surface area contributed by atoms with Gasteiger partial charge < -0.3 is 10.2 Å². The number of pyridine rings is 1. The molecule has 2 aromatic heterocycles. The van der Waals surface area contributed by atoms with E-state index in [2.05, 4.69) is 4.98 Å². The molecule has 0 spiro atoms. The number of para-hydroxylation sites is 1. The third-order valence-corrected chi connectivity index (χ3v) is 3.48. The zero-order valence-electron chi connectivity index (χ0n) is 10.7.